The summed E-state index contributed by atoms with van der Waals surface area (Å²) >= 11 is 5.88. The minimum Gasteiger partial charge on any atom is -0.339 e. The highest BCUT2D eigenvalue weighted by molar-refractivity contribution is 7.89. The lowest BCUT2D eigenvalue weighted by Gasteiger charge is -2.38. The van der Waals surface area contributed by atoms with Gasteiger partial charge in [0.05, 0.1) is 10.8 Å². The Balaban J connectivity index is 1.39. The van der Waals surface area contributed by atoms with E-state index in [2.05, 4.69) is 14.9 Å². The molecule has 1 atom stereocenters. The summed E-state index contributed by atoms with van der Waals surface area (Å²) in [5.41, 5.74) is 0. The average molecular weight is 450 g/mol. The fourth-order valence-corrected chi connectivity index (χ4v) is 5.61. The topological polar surface area (TPSA) is 86.7 Å². The van der Waals surface area contributed by atoms with Gasteiger partial charge in [-0.15, -0.1) is 0 Å². The number of amides is 1. The predicted octanol–water partition coefficient (Wildman–Crippen LogP) is 1.88. The number of anilines is 1. The molecule has 2 fully saturated rings. The molecule has 4 rings (SSSR count). The molecule has 0 aliphatic carbocycles. The number of carbonyl (C=O) groups is 1. The SMILES string of the molecule is O=C([C@H]1CCCN(S(=O)(=O)c2ccc(Cl)cc2)C1)N1CCN(c2ncccn2)CC1. The number of nitrogens with zero attached hydrogens (tertiary/aromatic N) is 5. The van der Waals surface area contributed by atoms with Gasteiger partial charge >= 0.3 is 0 Å². The molecule has 10 heteroatoms. The molecule has 1 amide bonds. The third-order valence-electron chi connectivity index (χ3n) is 5.61. The highest BCUT2D eigenvalue weighted by Crippen LogP contribution is 2.26. The first-order valence-electron chi connectivity index (χ1n) is 10.0. The quantitative estimate of drug-likeness (QED) is 0.708. The molecular formula is C20H24ClN5O3S. The van der Waals surface area contributed by atoms with Crippen molar-refractivity contribution in [3.8, 4) is 0 Å². The van der Waals surface area contributed by atoms with Crippen LogP contribution in [0.5, 0.6) is 0 Å². The zero-order valence-electron chi connectivity index (χ0n) is 16.5. The van der Waals surface area contributed by atoms with Gasteiger partial charge in [0.15, 0.2) is 0 Å². The van der Waals surface area contributed by atoms with E-state index >= 15 is 0 Å². The maximum atomic E-state index is 13.1. The lowest BCUT2D eigenvalue weighted by molar-refractivity contribution is -0.137. The van der Waals surface area contributed by atoms with E-state index in [-0.39, 0.29) is 23.3 Å². The average Bonchev–Trinajstić information content (AvgIpc) is 2.80. The van der Waals surface area contributed by atoms with Gasteiger partial charge in [-0.1, -0.05) is 11.6 Å². The van der Waals surface area contributed by atoms with Crippen LogP contribution in [0.1, 0.15) is 12.8 Å². The first kappa shape index (κ1) is 21.0. The number of sulfonamides is 1. The zero-order valence-corrected chi connectivity index (χ0v) is 18.1. The third kappa shape index (κ3) is 4.43. The Morgan fingerprint density at radius 2 is 1.67 bits per heavy atom. The second-order valence-electron chi connectivity index (χ2n) is 7.52. The van der Waals surface area contributed by atoms with Crippen LogP contribution in [0, 0.1) is 5.92 Å². The van der Waals surface area contributed by atoms with Crippen molar-refractivity contribution in [1.29, 1.82) is 0 Å². The fraction of sp³-hybridized carbons (Fsp3) is 0.450. The number of hydrogen-bond acceptors (Lipinski definition) is 6. The lowest BCUT2D eigenvalue weighted by atomic mass is 9.98. The molecule has 160 valence electrons. The smallest absolute Gasteiger partial charge is 0.243 e. The molecule has 3 heterocycles. The Morgan fingerprint density at radius 3 is 2.33 bits per heavy atom. The molecule has 1 aromatic heterocycles. The monoisotopic (exact) mass is 449 g/mol. The van der Waals surface area contributed by atoms with E-state index in [0.29, 0.717) is 56.5 Å². The Bertz CT molecular complexity index is 979. The molecule has 8 nitrogen and oxygen atoms in total. The molecule has 0 unspecified atom stereocenters. The van der Waals surface area contributed by atoms with Crippen molar-refractivity contribution in [2.24, 2.45) is 5.92 Å². The van der Waals surface area contributed by atoms with Gasteiger partial charge in [-0.25, -0.2) is 18.4 Å². The fourth-order valence-electron chi connectivity index (χ4n) is 3.96. The molecular weight excluding hydrogens is 426 g/mol. The summed E-state index contributed by atoms with van der Waals surface area (Å²) in [5, 5.41) is 0.487. The number of hydrogen-bond donors (Lipinski definition) is 0. The lowest BCUT2D eigenvalue weighted by Crippen LogP contribution is -2.53. The van der Waals surface area contributed by atoms with Crippen molar-refractivity contribution in [3.63, 3.8) is 0 Å². The van der Waals surface area contributed by atoms with Crippen molar-refractivity contribution in [1.82, 2.24) is 19.2 Å². The Morgan fingerprint density at radius 1 is 1.00 bits per heavy atom. The van der Waals surface area contributed by atoms with E-state index in [1.165, 1.54) is 16.4 Å². The van der Waals surface area contributed by atoms with Crippen LogP contribution in [-0.2, 0) is 14.8 Å². The van der Waals surface area contributed by atoms with Crippen molar-refractivity contribution in [2.45, 2.75) is 17.7 Å². The number of halogens is 1. The van der Waals surface area contributed by atoms with Gasteiger partial charge < -0.3 is 9.80 Å². The summed E-state index contributed by atoms with van der Waals surface area (Å²) in [6, 6.07) is 7.92. The summed E-state index contributed by atoms with van der Waals surface area (Å²) in [6.07, 6.45) is 4.78. The zero-order chi connectivity index (χ0) is 21.1. The Hall–Kier alpha value is -2.23. The first-order chi connectivity index (χ1) is 14.4. The summed E-state index contributed by atoms with van der Waals surface area (Å²) in [6.45, 7) is 3.12. The van der Waals surface area contributed by atoms with Crippen LogP contribution in [0.2, 0.25) is 5.02 Å². The van der Waals surface area contributed by atoms with Gasteiger partial charge in [-0.3, -0.25) is 4.79 Å². The predicted molar refractivity (Wildman–Crippen MR) is 114 cm³/mol. The molecule has 30 heavy (non-hydrogen) atoms. The number of piperazine rings is 1. The van der Waals surface area contributed by atoms with Crippen molar-refractivity contribution < 1.29 is 13.2 Å². The highest BCUT2D eigenvalue weighted by Gasteiger charge is 2.36. The van der Waals surface area contributed by atoms with E-state index in [1.807, 2.05) is 4.90 Å². The molecule has 2 saturated heterocycles. The summed E-state index contributed by atoms with van der Waals surface area (Å²) in [5.74, 6) is 0.377. The van der Waals surface area contributed by atoms with Crippen LogP contribution >= 0.6 is 11.6 Å². The first-order valence-corrected chi connectivity index (χ1v) is 11.8. The summed E-state index contributed by atoms with van der Waals surface area (Å²) < 4.78 is 27.4. The number of aromatic nitrogens is 2. The molecule has 0 saturated carbocycles. The standard InChI is InChI=1S/C20H24ClN5O3S/c21-17-4-6-18(7-5-17)30(28,29)26-10-1-3-16(15-26)19(27)24-11-13-25(14-12-24)20-22-8-2-9-23-20/h2,4-9,16H,1,3,10-15H2/t16-/m0/s1. The number of carbonyl (C=O) groups excluding carboxylic acids is 1. The van der Waals surface area contributed by atoms with Crippen LogP contribution in [-0.4, -0.2) is 72.8 Å². The molecule has 2 aromatic rings. The molecule has 2 aliphatic rings. The van der Waals surface area contributed by atoms with E-state index in [0.717, 1.165) is 0 Å². The Labute approximate surface area is 181 Å². The van der Waals surface area contributed by atoms with Gasteiger partial charge in [-0.05, 0) is 43.2 Å². The molecule has 0 N–H and O–H groups in total. The second-order valence-corrected chi connectivity index (χ2v) is 9.89. The van der Waals surface area contributed by atoms with Gasteiger partial charge in [0, 0.05) is 56.7 Å². The van der Waals surface area contributed by atoms with Gasteiger partial charge in [0.25, 0.3) is 0 Å². The number of piperidine rings is 1. The van der Waals surface area contributed by atoms with E-state index in [1.54, 1.807) is 30.6 Å². The molecule has 2 aliphatic heterocycles. The van der Waals surface area contributed by atoms with E-state index < -0.39 is 10.0 Å². The molecule has 0 spiro atoms. The van der Waals surface area contributed by atoms with Crippen LogP contribution in [0.3, 0.4) is 0 Å². The number of rotatable bonds is 4. The second kappa shape index (κ2) is 8.87. The van der Waals surface area contributed by atoms with Crippen molar-refractivity contribution in [2.75, 3.05) is 44.2 Å². The molecule has 1 aromatic carbocycles. The minimum absolute atomic E-state index is 0.0274. The normalized spacial score (nSPS) is 20.9. The number of benzene rings is 1. The van der Waals surface area contributed by atoms with Crippen LogP contribution in [0.4, 0.5) is 5.95 Å². The van der Waals surface area contributed by atoms with Crippen molar-refractivity contribution in [3.05, 3.63) is 47.7 Å². The maximum absolute atomic E-state index is 13.1. The van der Waals surface area contributed by atoms with E-state index in [4.69, 9.17) is 11.6 Å². The van der Waals surface area contributed by atoms with Crippen molar-refractivity contribution >= 4 is 33.5 Å². The Kier molecular flexibility index (Phi) is 6.21. The van der Waals surface area contributed by atoms with Crippen LogP contribution in [0.25, 0.3) is 0 Å². The highest BCUT2D eigenvalue weighted by atomic mass is 35.5. The van der Waals surface area contributed by atoms with E-state index in [9.17, 15) is 13.2 Å². The summed E-state index contributed by atoms with van der Waals surface area (Å²) in [4.78, 5) is 25.7. The van der Waals surface area contributed by atoms with Gasteiger partial charge in [0.2, 0.25) is 21.9 Å². The molecule has 0 bridgehead atoms. The molecule has 0 radical (unpaired) electrons. The maximum Gasteiger partial charge on any atom is 0.243 e. The minimum atomic E-state index is -3.64. The van der Waals surface area contributed by atoms with Gasteiger partial charge in [-0.2, -0.15) is 4.31 Å². The summed E-state index contributed by atoms with van der Waals surface area (Å²) in [7, 11) is -3.64. The largest absolute Gasteiger partial charge is 0.339 e. The van der Waals surface area contributed by atoms with Gasteiger partial charge in [0.1, 0.15) is 0 Å². The third-order valence-corrected chi connectivity index (χ3v) is 7.74. The van der Waals surface area contributed by atoms with Crippen LogP contribution < -0.4 is 4.90 Å². The van der Waals surface area contributed by atoms with Crippen LogP contribution in [0.15, 0.2) is 47.6 Å².